The number of likely N-dealkylation sites (N-methyl/N-ethyl adjacent to an activating group) is 1. The molecule has 4 nitrogen and oxygen atoms in total. The molecule has 1 N–H and O–H groups in total. The minimum atomic E-state index is 0.390. The summed E-state index contributed by atoms with van der Waals surface area (Å²) in [6.45, 7) is 9.40. The van der Waals surface area contributed by atoms with Gasteiger partial charge in [0.05, 0.1) is 17.6 Å². The van der Waals surface area contributed by atoms with Crippen LogP contribution in [0.25, 0.3) is 0 Å². The van der Waals surface area contributed by atoms with Crippen molar-refractivity contribution in [2.24, 2.45) is 5.92 Å². The highest BCUT2D eigenvalue weighted by molar-refractivity contribution is 5.34. The first-order valence-electron chi connectivity index (χ1n) is 6.11. The van der Waals surface area contributed by atoms with E-state index in [0.29, 0.717) is 12.0 Å². The van der Waals surface area contributed by atoms with E-state index in [1.165, 1.54) is 0 Å². The maximum Gasteiger partial charge on any atom is 0.145 e. The summed E-state index contributed by atoms with van der Waals surface area (Å²) in [5.74, 6) is 1.43. The average molecular weight is 236 g/mol. The van der Waals surface area contributed by atoms with Gasteiger partial charge in [0.15, 0.2) is 0 Å². The number of hydrogen-bond donors (Lipinski definition) is 1. The fourth-order valence-electron chi connectivity index (χ4n) is 1.62. The molecule has 17 heavy (non-hydrogen) atoms. The van der Waals surface area contributed by atoms with Gasteiger partial charge in [0.25, 0.3) is 0 Å². The summed E-state index contributed by atoms with van der Waals surface area (Å²) in [6, 6.07) is 0.390. The lowest BCUT2D eigenvalue weighted by Crippen LogP contribution is -2.36. The van der Waals surface area contributed by atoms with E-state index in [0.717, 1.165) is 23.8 Å². The van der Waals surface area contributed by atoms with Gasteiger partial charge in [0, 0.05) is 12.6 Å². The Morgan fingerprint density at radius 3 is 2.35 bits per heavy atom. The maximum atomic E-state index is 4.51. The molecule has 0 bridgehead atoms. The Bertz CT molecular complexity index is 360. The third kappa shape index (κ3) is 4.30. The van der Waals surface area contributed by atoms with Gasteiger partial charge in [0.1, 0.15) is 5.82 Å². The standard InChI is InChI=1S/C13H24N4/c1-9(2)12(8-17(5)6)16-13-7-14-10(3)11(4)15-13/h7,9,12H,8H2,1-6H3,(H,15,16). The molecule has 1 heterocycles. The Hall–Kier alpha value is -1.16. The second-order valence-corrected chi connectivity index (χ2v) is 5.18. The van der Waals surface area contributed by atoms with Crippen LogP contribution in [0.3, 0.4) is 0 Å². The smallest absolute Gasteiger partial charge is 0.145 e. The zero-order valence-electron chi connectivity index (χ0n) is 11.8. The third-order valence-corrected chi connectivity index (χ3v) is 2.89. The van der Waals surface area contributed by atoms with Gasteiger partial charge in [-0.3, -0.25) is 4.98 Å². The van der Waals surface area contributed by atoms with Crippen LogP contribution in [-0.4, -0.2) is 41.5 Å². The van der Waals surface area contributed by atoms with Crippen molar-refractivity contribution in [1.29, 1.82) is 0 Å². The molecule has 0 saturated heterocycles. The van der Waals surface area contributed by atoms with Gasteiger partial charge in [-0.2, -0.15) is 0 Å². The molecule has 0 spiro atoms. The van der Waals surface area contributed by atoms with Crippen molar-refractivity contribution >= 4 is 5.82 Å². The van der Waals surface area contributed by atoms with Crippen molar-refractivity contribution in [3.05, 3.63) is 17.6 Å². The van der Waals surface area contributed by atoms with Gasteiger partial charge in [-0.25, -0.2) is 4.98 Å². The fraction of sp³-hybridized carbons (Fsp3) is 0.692. The molecule has 1 aromatic rings. The summed E-state index contributed by atoms with van der Waals surface area (Å²) in [6.07, 6.45) is 1.81. The van der Waals surface area contributed by atoms with Gasteiger partial charge < -0.3 is 10.2 Å². The Kier molecular flexibility index (Phi) is 4.87. The normalized spacial score (nSPS) is 13.2. The van der Waals surface area contributed by atoms with E-state index in [1.54, 1.807) is 0 Å². The zero-order valence-corrected chi connectivity index (χ0v) is 11.8. The monoisotopic (exact) mass is 236 g/mol. The van der Waals surface area contributed by atoms with Crippen LogP contribution in [0.4, 0.5) is 5.82 Å². The topological polar surface area (TPSA) is 41.1 Å². The molecule has 96 valence electrons. The lowest BCUT2D eigenvalue weighted by atomic mass is 10.0. The second-order valence-electron chi connectivity index (χ2n) is 5.18. The first-order valence-corrected chi connectivity index (χ1v) is 6.11. The van der Waals surface area contributed by atoms with Gasteiger partial charge in [-0.05, 0) is 33.9 Å². The van der Waals surface area contributed by atoms with Crippen LogP contribution in [0.15, 0.2) is 6.20 Å². The third-order valence-electron chi connectivity index (χ3n) is 2.89. The molecule has 1 aromatic heterocycles. The first kappa shape index (κ1) is 13.9. The molecular weight excluding hydrogens is 212 g/mol. The molecule has 0 aromatic carbocycles. The van der Waals surface area contributed by atoms with Crippen LogP contribution in [0.1, 0.15) is 25.2 Å². The Balaban J connectivity index is 2.75. The van der Waals surface area contributed by atoms with Gasteiger partial charge in [-0.1, -0.05) is 13.8 Å². The van der Waals surface area contributed by atoms with Crippen molar-refractivity contribution in [3.8, 4) is 0 Å². The first-order chi connectivity index (χ1) is 7.90. The van der Waals surface area contributed by atoms with Gasteiger partial charge >= 0.3 is 0 Å². The highest BCUT2D eigenvalue weighted by atomic mass is 15.1. The number of anilines is 1. The summed E-state index contributed by atoms with van der Waals surface area (Å²) < 4.78 is 0. The summed E-state index contributed by atoms with van der Waals surface area (Å²) in [5, 5.41) is 3.46. The van der Waals surface area contributed by atoms with Crippen LogP contribution >= 0.6 is 0 Å². The quantitative estimate of drug-likeness (QED) is 0.850. The van der Waals surface area contributed by atoms with Crippen LogP contribution < -0.4 is 5.32 Å². The summed E-state index contributed by atoms with van der Waals surface area (Å²) in [5.41, 5.74) is 1.98. The predicted molar refractivity (Wildman–Crippen MR) is 72.3 cm³/mol. The van der Waals surface area contributed by atoms with E-state index in [-0.39, 0.29) is 0 Å². The molecule has 1 rings (SSSR count). The lowest BCUT2D eigenvalue weighted by molar-refractivity contribution is 0.344. The van der Waals surface area contributed by atoms with E-state index in [1.807, 2.05) is 20.0 Å². The van der Waals surface area contributed by atoms with E-state index < -0.39 is 0 Å². The fourth-order valence-corrected chi connectivity index (χ4v) is 1.62. The average Bonchev–Trinajstić information content (AvgIpc) is 2.21. The van der Waals surface area contributed by atoms with Crippen LogP contribution in [0.5, 0.6) is 0 Å². The Labute approximate surface area is 104 Å². The largest absolute Gasteiger partial charge is 0.365 e. The molecule has 1 atom stereocenters. The van der Waals surface area contributed by atoms with E-state index in [9.17, 15) is 0 Å². The van der Waals surface area contributed by atoms with Gasteiger partial charge in [-0.15, -0.1) is 0 Å². The van der Waals surface area contributed by atoms with Crippen LogP contribution in [0, 0.1) is 19.8 Å². The number of aryl methyl sites for hydroxylation is 2. The number of nitrogens with one attached hydrogen (secondary N) is 1. The molecule has 0 aliphatic heterocycles. The van der Waals surface area contributed by atoms with Crippen molar-refractivity contribution in [1.82, 2.24) is 14.9 Å². The molecule has 0 fully saturated rings. The number of hydrogen-bond acceptors (Lipinski definition) is 4. The highest BCUT2D eigenvalue weighted by Crippen LogP contribution is 2.12. The molecule has 0 aliphatic rings. The second kappa shape index (κ2) is 5.96. The zero-order chi connectivity index (χ0) is 13.0. The van der Waals surface area contributed by atoms with E-state index >= 15 is 0 Å². The van der Waals surface area contributed by atoms with E-state index in [2.05, 4.69) is 48.1 Å². The molecule has 0 aliphatic carbocycles. The minimum Gasteiger partial charge on any atom is -0.365 e. The molecule has 0 amide bonds. The van der Waals surface area contributed by atoms with Crippen LogP contribution in [0.2, 0.25) is 0 Å². The van der Waals surface area contributed by atoms with Crippen LogP contribution in [-0.2, 0) is 0 Å². The Morgan fingerprint density at radius 1 is 1.24 bits per heavy atom. The number of nitrogens with zero attached hydrogens (tertiary/aromatic N) is 3. The van der Waals surface area contributed by atoms with Crippen molar-refractivity contribution in [2.75, 3.05) is 26.0 Å². The molecule has 4 heteroatoms. The minimum absolute atomic E-state index is 0.390. The highest BCUT2D eigenvalue weighted by Gasteiger charge is 2.15. The van der Waals surface area contributed by atoms with E-state index in [4.69, 9.17) is 0 Å². The maximum absolute atomic E-state index is 4.51. The van der Waals surface area contributed by atoms with Crippen molar-refractivity contribution in [2.45, 2.75) is 33.7 Å². The molecule has 1 unspecified atom stereocenters. The predicted octanol–water partition coefficient (Wildman–Crippen LogP) is 2.09. The number of rotatable bonds is 5. The Morgan fingerprint density at radius 2 is 1.88 bits per heavy atom. The van der Waals surface area contributed by atoms with Crippen molar-refractivity contribution < 1.29 is 0 Å². The summed E-state index contributed by atoms with van der Waals surface area (Å²) >= 11 is 0. The summed E-state index contributed by atoms with van der Waals surface area (Å²) in [7, 11) is 4.17. The molecule has 0 radical (unpaired) electrons. The van der Waals surface area contributed by atoms with Gasteiger partial charge in [0.2, 0.25) is 0 Å². The SMILES string of the molecule is Cc1ncc(NC(CN(C)C)C(C)C)nc1C. The lowest BCUT2D eigenvalue weighted by Gasteiger charge is -2.26. The molecular formula is C13H24N4. The summed E-state index contributed by atoms with van der Waals surface area (Å²) in [4.78, 5) is 11.0. The van der Waals surface area contributed by atoms with Crippen molar-refractivity contribution in [3.63, 3.8) is 0 Å². The molecule has 0 saturated carbocycles. The number of aromatic nitrogens is 2.